The average Bonchev–Trinajstić information content (AvgIpc) is 3.05. The molecule has 90 valence electrons. The summed E-state index contributed by atoms with van der Waals surface area (Å²) in [5.41, 5.74) is 1.71. The fraction of sp³-hybridized carbons (Fsp3) is 0.0833. The summed E-state index contributed by atoms with van der Waals surface area (Å²) in [6, 6.07) is 7.04. The molecule has 18 heavy (non-hydrogen) atoms. The lowest BCUT2D eigenvalue weighted by molar-refractivity contribution is 0.0923. The van der Waals surface area contributed by atoms with Crippen LogP contribution in [0.2, 0.25) is 0 Å². The number of furan rings is 1. The molecule has 3 rings (SSSR count). The van der Waals surface area contributed by atoms with Crippen LogP contribution in [0.15, 0.2) is 47.5 Å². The van der Waals surface area contributed by atoms with Crippen LogP contribution in [0, 0.1) is 0 Å². The molecule has 3 aromatic heterocycles. The van der Waals surface area contributed by atoms with Crippen molar-refractivity contribution in [3.8, 4) is 0 Å². The molecule has 0 aliphatic carbocycles. The summed E-state index contributed by atoms with van der Waals surface area (Å²) in [6.45, 7) is 0.412. The minimum absolute atomic E-state index is 0.237. The Morgan fingerprint density at radius 2 is 2.33 bits per heavy atom. The van der Waals surface area contributed by atoms with Crippen molar-refractivity contribution in [3.05, 3.63) is 54.4 Å². The summed E-state index contributed by atoms with van der Waals surface area (Å²) in [7, 11) is 0. The van der Waals surface area contributed by atoms with Crippen molar-refractivity contribution in [2.24, 2.45) is 0 Å². The molecule has 0 aliphatic rings. The van der Waals surface area contributed by atoms with Gasteiger partial charge in [-0.25, -0.2) is 9.50 Å². The maximum Gasteiger partial charge on any atom is 0.287 e. The number of rotatable bonds is 3. The third kappa shape index (κ3) is 1.95. The zero-order chi connectivity index (χ0) is 12.4. The van der Waals surface area contributed by atoms with E-state index in [0.717, 1.165) is 11.2 Å². The number of carbonyl (C=O) groups excluding carboxylic acids is 1. The van der Waals surface area contributed by atoms with Crippen molar-refractivity contribution in [1.29, 1.82) is 0 Å². The van der Waals surface area contributed by atoms with E-state index in [9.17, 15) is 4.79 Å². The topological polar surface area (TPSA) is 72.4 Å². The summed E-state index contributed by atoms with van der Waals surface area (Å²) >= 11 is 0. The highest BCUT2D eigenvalue weighted by atomic mass is 16.3. The number of nitrogens with one attached hydrogen (secondary N) is 1. The maximum atomic E-state index is 11.7. The third-order valence-electron chi connectivity index (χ3n) is 2.53. The highest BCUT2D eigenvalue weighted by Crippen LogP contribution is 2.04. The van der Waals surface area contributed by atoms with Gasteiger partial charge in [-0.15, -0.1) is 0 Å². The Morgan fingerprint density at radius 1 is 1.39 bits per heavy atom. The van der Waals surface area contributed by atoms with Crippen molar-refractivity contribution in [1.82, 2.24) is 19.9 Å². The van der Waals surface area contributed by atoms with Crippen LogP contribution >= 0.6 is 0 Å². The second-order valence-electron chi connectivity index (χ2n) is 3.76. The second kappa shape index (κ2) is 4.33. The zero-order valence-corrected chi connectivity index (χ0v) is 9.41. The number of amides is 1. The highest BCUT2D eigenvalue weighted by molar-refractivity contribution is 5.91. The van der Waals surface area contributed by atoms with Crippen LogP contribution in [0.1, 0.15) is 16.1 Å². The number of fused-ring (bicyclic) bond motifs is 1. The van der Waals surface area contributed by atoms with Gasteiger partial charge >= 0.3 is 0 Å². The molecular weight excluding hydrogens is 232 g/mol. The van der Waals surface area contributed by atoms with E-state index >= 15 is 0 Å². The van der Waals surface area contributed by atoms with E-state index < -0.39 is 0 Å². The largest absolute Gasteiger partial charge is 0.459 e. The van der Waals surface area contributed by atoms with E-state index in [0.29, 0.717) is 12.3 Å². The zero-order valence-electron chi connectivity index (χ0n) is 9.41. The Hall–Kier alpha value is -2.63. The molecule has 6 heteroatoms. The second-order valence-corrected chi connectivity index (χ2v) is 3.76. The molecule has 3 aromatic rings. The Balaban J connectivity index is 1.71. The standard InChI is InChI=1S/C12H10N4O2/c17-12(10-2-1-5-18-10)13-6-9-3-4-11-14-8-15-16(11)7-9/h1-5,7-8H,6H2,(H,13,17). The van der Waals surface area contributed by atoms with Gasteiger partial charge in [0.1, 0.15) is 6.33 Å². The fourth-order valence-electron chi connectivity index (χ4n) is 1.64. The van der Waals surface area contributed by atoms with E-state index in [1.165, 1.54) is 12.6 Å². The first-order valence-electron chi connectivity index (χ1n) is 5.43. The van der Waals surface area contributed by atoms with Gasteiger partial charge < -0.3 is 9.73 Å². The van der Waals surface area contributed by atoms with E-state index in [1.807, 2.05) is 18.3 Å². The van der Waals surface area contributed by atoms with Crippen molar-refractivity contribution in [2.45, 2.75) is 6.54 Å². The summed E-state index contributed by atoms with van der Waals surface area (Å²) in [5, 5.41) is 6.79. The summed E-state index contributed by atoms with van der Waals surface area (Å²) in [4.78, 5) is 15.7. The Morgan fingerprint density at radius 3 is 3.17 bits per heavy atom. The minimum Gasteiger partial charge on any atom is -0.459 e. The number of pyridine rings is 1. The lowest BCUT2D eigenvalue weighted by atomic mass is 10.3. The summed E-state index contributed by atoms with van der Waals surface area (Å²) in [6.07, 6.45) is 4.78. The number of aromatic nitrogens is 3. The maximum absolute atomic E-state index is 11.7. The van der Waals surface area contributed by atoms with Crippen LogP contribution in [-0.2, 0) is 6.54 Å². The first-order chi connectivity index (χ1) is 8.83. The van der Waals surface area contributed by atoms with Gasteiger partial charge in [0, 0.05) is 12.7 Å². The molecule has 3 heterocycles. The SMILES string of the molecule is O=C(NCc1ccc2ncnn2c1)c1ccco1. The molecule has 0 bridgehead atoms. The summed E-state index contributed by atoms with van der Waals surface area (Å²) in [5.74, 6) is 0.0653. The van der Waals surface area contributed by atoms with Crippen LogP contribution < -0.4 is 5.32 Å². The van der Waals surface area contributed by atoms with Gasteiger partial charge in [-0.05, 0) is 23.8 Å². The summed E-state index contributed by atoms with van der Waals surface area (Å²) < 4.78 is 6.66. The molecule has 1 N–H and O–H groups in total. The smallest absolute Gasteiger partial charge is 0.287 e. The lowest BCUT2D eigenvalue weighted by Gasteiger charge is -2.03. The van der Waals surface area contributed by atoms with Crippen molar-refractivity contribution in [3.63, 3.8) is 0 Å². The molecule has 0 spiro atoms. The van der Waals surface area contributed by atoms with Gasteiger partial charge in [0.15, 0.2) is 11.4 Å². The first kappa shape index (κ1) is 10.5. The van der Waals surface area contributed by atoms with Crippen LogP contribution in [0.4, 0.5) is 0 Å². The van der Waals surface area contributed by atoms with Gasteiger partial charge in [-0.3, -0.25) is 4.79 Å². The number of hydrogen-bond acceptors (Lipinski definition) is 4. The van der Waals surface area contributed by atoms with Crippen LogP contribution in [0.3, 0.4) is 0 Å². The molecular formula is C12H10N4O2. The molecule has 0 atom stereocenters. The van der Waals surface area contributed by atoms with Gasteiger partial charge in [0.2, 0.25) is 0 Å². The van der Waals surface area contributed by atoms with Gasteiger partial charge in [-0.1, -0.05) is 6.07 Å². The molecule has 0 saturated carbocycles. The van der Waals surface area contributed by atoms with Crippen molar-refractivity contribution < 1.29 is 9.21 Å². The van der Waals surface area contributed by atoms with Crippen LogP contribution in [-0.4, -0.2) is 20.5 Å². The Labute approximate surface area is 102 Å². The van der Waals surface area contributed by atoms with Crippen molar-refractivity contribution in [2.75, 3.05) is 0 Å². The first-order valence-corrected chi connectivity index (χ1v) is 5.43. The quantitative estimate of drug-likeness (QED) is 0.750. The molecule has 0 unspecified atom stereocenters. The van der Waals surface area contributed by atoms with Gasteiger partial charge in [-0.2, -0.15) is 5.10 Å². The van der Waals surface area contributed by atoms with Gasteiger partial charge in [0.05, 0.1) is 6.26 Å². The molecule has 0 aromatic carbocycles. The Kier molecular flexibility index (Phi) is 2.53. The average molecular weight is 242 g/mol. The number of hydrogen-bond donors (Lipinski definition) is 1. The van der Waals surface area contributed by atoms with Gasteiger partial charge in [0.25, 0.3) is 5.91 Å². The van der Waals surface area contributed by atoms with Crippen LogP contribution in [0.25, 0.3) is 5.65 Å². The van der Waals surface area contributed by atoms with E-state index in [-0.39, 0.29) is 5.91 Å². The minimum atomic E-state index is -0.237. The van der Waals surface area contributed by atoms with Crippen LogP contribution in [0.5, 0.6) is 0 Å². The fourth-order valence-corrected chi connectivity index (χ4v) is 1.64. The van der Waals surface area contributed by atoms with Crippen molar-refractivity contribution >= 4 is 11.6 Å². The highest BCUT2D eigenvalue weighted by Gasteiger charge is 2.07. The molecule has 1 amide bonds. The lowest BCUT2D eigenvalue weighted by Crippen LogP contribution is -2.22. The van der Waals surface area contributed by atoms with E-state index in [4.69, 9.17) is 4.42 Å². The molecule has 0 radical (unpaired) electrons. The van der Waals surface area contributed by atoms with E-state index in [1.54, 1.807) is 16.6 Å². The molecule has 0 saturated heterocycles. The molecule has 6 nitrogen and oxygen atoms in total. The number of carbonyl (C=O) groups is 1. The van der Waals surface area contributed by atoms with E-state index in [2.05, 4.69) is 15.4 Å². The molecule has 0 fully saturated rings. The normalized spacial score (nSPS) is 10.7. The molecule has 0 aliphatic heterocycles. The third-order valence-corrected chi connectivity index (χ3v) is 2.53. The predicted octanol–water partition coefficient (Wildman–Crippen LogP) is 1.25. The predicted molar refractivity (Wildman–Crippen MR) is 62.9 cm³/mol. The number of nitrogens with zero attached hydrogens (tertiary/aromatic N) is 3. The monoisotopic (exact) mass is 242 g/mol. The Bertz CT molecular complexity index is 672.